The molecule has 3 aromatic rings. The second-order valence-electron chi connectivity index (χ2n) is 6.97. The van der Waals surface area contributed by atoms with Crippen molar-refractivity contribution >= 4 is 28.4 Å². The Morgan fingerprint density at radius 2 is 1.74 bits per heavy atom. The number of aromatic nitrogens is 1. The first kappa shape index (κ1) is 17.2. The van der Waals surface area contributed by atoms with Crippen LogP contribution in [0.4, 0.5) is 5.69 Å². The molecule has 1 aliphatic rings. The monoisotopic (exact) mass is 359 g/mol. The van der Waals surface area contributed by atoms with Gasteiger partial charge < -0.3 is 10.6 Å². The Morgan fingerprint density at radius 3 is 2.48 bits per heavy atom. The smallest absolute Gasteiger partial charge is 0.270 e. The number of hydrogen-bond donors (Lipinski definition) is 2. The van der Waals surface area contributed by atoms with Crippen molar-refractivity contribution in [1.82, 2.24) is 10.3 Å². The van der Waals surface area contributed by atoms with Crippen LogP contribution in [0.1, 0.15) is 41.9 Å². The van der Waals surface area contributed by atoms with Crippen LogP contribution in [0.15, 0.2) is 60.7 Å². The van der Waals surface area contributed by atoms with E-state index in [0.717, 1.165) is 35.0 Å². The van der Waals surface area contributed by atoms with E-state index in [4.69, 9.17) is 0 Å². The van der Waals surface area contributed by atoms with E-state index in [2.05, 4.69) is 15.6 Å². The van der Waals surface area contributed by atoms with Crippen molar-refractivity contribution in [1.29, 1.82) is 0 Å². The van der Waals surface area contributed by atoms with E-state index < -0.39 is 0 Å². The number of rotatable bonds is 5. The number of carbonyl (C=O) groups is 2. The van der Waals surface area contributed by atoms with Gasteiger partial charge in [-0.25, -0.2) is 4.98 Å². The quantitative estimate of drug-likeness (QED) is 0.721. The third-order valence-corrected chi connectivity index (χ3v) is 4.81. The predicted molar refractivity (Wildman–Crippen MR) is 105 cm³/mol. The number of anilines is 1. The molecule has 0 spiro atoms. The Kier molecular flexibility index (Phi) is 4.59. The van der Waals surface area contributed by atoms with Crippen molar-refractivity contribution in [2.24, 2.45) is 5.92 Å². The van der Waals surface area contributed by atoms with E-state index in [1.165, 1.54) is 0 Å². The predicted octanol–water partition coefficient (Wildman–Crippen LogP) is 4.07. The molecule has 1 aromatic heterocycles. The molecule has 5 heteroatoms. The van der Waals surface area contributed by atoms with Gasteiger partial charge in [0.1, 0.15) is 5.69 Å². The van der Waals surface area contributed by atoms with Crippen LogP contribution < -0.4 is 10.6 Å². The van der Waals surface area contributed by atoms with Gasteiger partial charge in [0.05, 0.1) is 11.6 Å². The van der Waals surface area contributed by atoms with Crippen molar-refractivity contribution in [3.05, 3.63) is 71.9 Å². The van der Waals surface area contributed by atoms with Gasteiger partial charge in [-0.1, -0.05) is 36.4 Å². The Labute approximate surface area is 157 Å². The van der Waals surface area contributed by atoms with Crippen molar-refractivity contribution in [2.75, 3.05) is 5.32 Å². The van der Waals surface area contributed by atoms with Crippen LogP contribution >= 0.6 is 0 Å². The summed E-state index contributed by atoms with van der Waals surface area (Å²) >= 11 is 0. The zero-order valence-corrected chi connectivity index (χ0v) is 15.1. The summed E-state index contributed by atoms with van der Waals surface area (Å²) in [6.45, 7) is 1.93. The third kappa shape index (κ3) is 3.97. The first-order valence-electron chi connectivity index (χ1n) is 9.17. The number of fused-ring (bicyclic) bond motifs is 1. The fourth-order valence-electron chi connectivity index (χ4n) is 2.99. The molecular weight excluding hydrogens is 338 g/mol. The van der Waals surface area contributed by atoms with Gasteiger partial charge in [0, 0.05) is 17.0 Å². The lowest BCUT2D eigenvalue weighted by molar-refractivity contribution is -0.117. The molecule has 1 atom stereocenters. The highest BCUT2D eigenvalue weighted by Gasteiger charge is 2.29. The Morgan fingerprint density at radius 1 is 1.00 bits per heavy atom. The Balaban J connectivity index is 1.41. The van der Waals surface area contributed by atoms with Crippen molar-refractivity contribution < 1.29 is 9.59 Å². The van der Waals surface area contributed by atoms with Gasteiger partial charge in [-0.05, 0) is 49.6 Å². The van der Waals surface area contributed by atoms with E-state index >= 15 is 0 Å². The van der Waals surface area contributed by atoms with Gasteiger partial charge in [-0.2, -0.15) is 0 Å². The molecule has 0 radical (unpaired) electrons. The van der Waals surface area contributed by atoms with Crippen LogP contribution in [0, 0.1) is 5.92 Å². The van der Waals surface area contributed by atoms with Crippen LogP contribution in [-0.2, 0) is 4.79 Å². The molecule has 0 saturated heterocycles. The second-order valence-corrected chi connectivity index (χ2v) is 6.97. The minimum atomic E-state index is -0.209. The third-order valence-electron chi connectivity index (χ3n) is 4.81. The summed E-state index contributed by atoms with van der Waals surface area (Å²) in [5.41, 5.74) is 2.95. The van der Waals surface area contributed by atoms with E-state index in [9.17, 15) is 9.59 Å². The van der Waals surface area contributed by atoms with E-state index in [-0.39, 0.29) is 23.8 Å². The summed E-state index contributed by atoms with van der Waals surface area (Å²) in [7, 11) is 0. The second kappa shape index (κ2) is 7.19. The van der Waals surface area contributed by atoms with Gasteiger partial charge in [-0.15, -0.1) is 0 Å². The molecule has 5 nitrogen and oxygen atoms in total. The van der Waals surface area contributed by atoms with Crippen molar-refractivity contribution in [3.8, 4) is 0 Å². The summed E-state index contributed by atoms with van der Waals surface area (Å²) in [6.07, 6.45) is 1.96. The maximum atomic E-state index is 12.5. The molecular formula is C22H21N3O2. The zero-order chi connectivity index (χ0) is 18.8. The van der Waals surface area contributed by atoms with Crippen LogP contribution in [0.3, 0.4) is 0 Å². The number of nitrogens with zero attached hydrogens (tertiary/aromatic N) is 1. The lowest BCUT2D eigenvalue weighted by Crippen LogP contribution is -2.27. The fraction of sp³-hybridized carbons (Fsp3) is 0.227. The molecule has 1 saturated carbocycles. The molecule has 1 heterocycles. The lowest BCUT2D eigenvalue weighted by Gasteiger charge is -2.15. The van der Waals surface area contributed by atoms with Crippen molar-refractivity contribution in [2.45, 2.75) is 25.8 Å². The summed E-state index contributed by atoms with van der Waals surface area (Å²) in [4.78, 5) is 28.8. The molecule has 27 heavy (non-hydrogen) atoms. The highest BCUT2D eigenvalue weighted by atomic mass is 16.2. The van der Waals surface area contributed by atoms with E-state index in [1.54, 1.807) is 6.07 Å². The zero-order valence-electron chi connectivity index (χ0n) is 15.1. The minimum Gasteiger partial charge on any atom is -0.344 e. The van der Waals surface area contributed by atoms with Gasteiger partial charge in [0.25, 0.3) is 5.91 Å². The molecule has 1 aliphatic carbocycles. The lowest BCUT2D eigenvalue weighted by atomic mass is 10.1. The SMILES string of the molecule is CC(NC(=O)c1ccc2ccccc2n1)c1ccc(NC(=O)C2CC2)cc1. The van der Waals surface area contributed by atoms with Crippen LogP contribution in [0.25, 0.3) is 10.9 Å². The highest BCUT2D eigenvalue weighted by molar-refractivity contribution is 5.95. The number of pyridine rings is 1. The molecule has 136 valence electrons. The topological polar surface area (TPSA) is 71.1 Å². The van der Waals surface area contributed by atoms with Gasteiger partial charge >= 0.3 is 0 Å². The first-order valence-corrected chi connectivity index (χ1v) is 9.17. The van der Waals surface area contributed by atoms with Gasteiger partial charge in [0.2, 0.25) is 5.91 Å². The molecule has 0 aliphatic heterocycles. The van der Waals surface area contributed by atoms with E-state index in [0.29, 0.717) is 5.69 Å². The largest absolute Gasteiger partial charge is 0.344 e. The molecule has 2 amide bonds. The normalized spacial score (nSPS) is 14.6. The van der Waals surface area contributed by atoms with Gasteiger partial charge in [0.15, 0.2) is 0 Å². The fourth-order valence-corrected chi connectivity index (χ4v) is 2.99. The average Bonchev–Trinajstić information content (AvgIpc) is 3.53. The summed E-state index contributed by atoms with van der Waals surface area (Å²) in [6, 6.07) is 18.8. The number of carbonyl (C=O) groups excluding carboxylic acids is 2. The van der Waals surface area contributed by atoms with Gasteiger partial charge in [-0.3, -0.25) is 9.59 Å². The van der Waals surface area contributed by atoms with E-state index in [1.807, 2.05) is 61.5 Å². The first-order chi connectivity index (χ1) is 13.1. The summed E-state index contributed by atoms with van der Waals surface area (Å²) in [5.74, 6) is 0.0585. The molecule has 2 aromatic carbocycles. The Bertz CT molecular complexity index is 994. The van der Waals surface area contributed by atoms with Crippen LogP contribution in [-0.4, -0.2) is 16.8 Å². The standard InChI is InChI=1S/C22H21N3O2/c1-14(15-8-11-18(12-9-15)24-21(26)17-6-7-17)23-22(27)20-13-10-16-4-2-3-5-19(16)25-20/h2-5,8-14,17H,6-7H2,1H3,(H,23,27)(H,24,26). The number of hydrogen-bond acceptors (Lipinski definition) is 3. The average molecular weight is 359 g/mol. The number of para-hydroxylation sites is 1. The Hall–Kier alpha value is -3.21. The number of nitrogens with one attached hydrogen (secondary N) is 2. The maximum absolute atomic E-state index is 12.5. The summed E-state index contributed by atoms with van der Waals surface area (Å²) in [5, 5.41) is 6.90. The molecule has 1 unspecified atom stereocenters. The van der Waals surface area contributed by atoms with Crippen LogP contribution in [0.2, 0.25) is 0 Å². The molecule has 0 bridgehead atoms. The molecule has 4 rings (SSSR count). The summed E-state index contributed by atoms with van der Waals surface area (Å²) < 4.78 is 0. The molecule has 2 N–H and O–H groups in total. The maximum Gasteiger partial charge on any atom is 0.270 e. The molecule has 1 fully saturated rings. The minimum absolute atomic E-state index is 0.0893. The highest BCUT2D eigenvalue weighted by Crippen LogP contribution is 2.30. The van der Waals surface area contributed by atoms with Crippen LogP contribution in [0.5, 0.6) is 0 Å². The number of amides is 2. The van der Waals surface area contributed by atoms with Crippen molar-refractivity contribution in [3.63, 3.8) is 0 Å². The number of benzene rings is 2.